The average Bonchev–Trinajstić information content (AvgIpc) is 2.46. The van der Waals surface area contributed by atoms with Crippen LogP contribution in [0.15, 0.2) is 47.6 Å². The van der Waals surface area contributed by atoms with Crippen LogP contribution < -0.4 is 10.0 Å². The lowest BCUT2D eigenvalue weighted by Gasteiger charge is -2.07. The number of nitrogens with one attached hydrogen (secondary N) is 2. The molecule has 0 fully saturated rings. The van der Waals surface area contributed by atoms with E-state index in [-0.39, 0.29) is 11.6 Å². The lowest BCUT2D eigenvalue weighted by Crippen LogP contribution is -2.24. The van der Waals surface area contributed by atoms with E-state index in [0.29, 0.717) is 11.6 Å². The summed E-state index contributed by atoms with van der Waals surface area (Å²) >= 11 is 5.86. The van der Waals surface area contributed by atoms with E-state index in [0.717, 1.165) is 11.1 Å². The fraction of sp³-hybridized carbons (Fsp3) is 0.214. The molecule has 0 bridgehead atoms. The summed E-state index contributed by atoms with van der Waals surface area (Å²) in [5.41, 5.74) is 1.71. The molecule has 112 valence electrons. The molecule has 2 rings (SSSR count). The average molecular weight is 326 g/mol. The minimum Gasteiger partial charge on any atom is -0.316 e. The molecule has 0 radical (unpaired) electrons. The molecular weight excluding hydrogens is 310 g/mol. The molecule has 21 heavy (non-hydrogen) atoms. The molecule has 0 atom stereocenters. The van der Waals surface area contributed by atoms with E-state index in [1.807, 2.05) is 7.05 Å². The summed E-state index contributed by atoms with van der Waals surface area (Å²) in [4.78, 5) is 3.98. The Morgan fingerprint density at radius 3 is 2.57 bits per heavy atom. The number of nitrogens with zero attached hydrogens (tertiary/aromatic N) is 1. The SMILES string of the molecule is CNCc1ccc(S(=O)(=O)NCc2cccc(Cl)c2)nc1. The first kappa shape index (κ1) is 15.9. The van der Waals surface area contributed by atoms with Crippen molar-refractivity contribution in [1.29, 1.82) is 0 Å². The molecule has 0 spiro atoms. The minimum atomic E-state index is -3.63. The van der Waals surface area contributed by atoms with Gasteiger partial charge in [-0.1, -0.05) is 29.8 Å². The van der Waals surface area contributed by atoms with Gasteiger partial charge in [0.25, 0.3) is 10.0 Å². The summed E-state index contributed by atoms with van der Waals surface area (Å²) in [5, 5.41) is 3.55. The van der Waals surface area contributed by atoms with Gasteiger partial charge in [-0.05, 0) is 36.4 Å². The Bertz CT molecular complexity index is 702. The summed E-state index contributed by atoms with van der Waals surface area (Å²) in [7, 11) is -1.81. The lowest BCUT2D eigenvalue weighted by atomic mass is 10.2. The molecule has 0 saturated heterocycles. The van der Waals surface area contributed by atoms with Crippen LogP contribution in [0.25, 0.3) is 0 Å². The third kappa shape index (κ3) is 4.50. The Morgan fingerprint density at radius 1 is 1.14 bits per heavy atom. The maximum absolute atomic E-state index is 12.1. The quantitative estimate of drug-likeness (QED) is 0.851. The standard InChI is InChI=1S/C14H16ClN3O2S/c1-16-8-12-5-6-14(17-9-12)21(19,20)18-10-11-3-2-4-13(15)7-11/h2-7,9,16,18H,8,10H2,1H3. The molecule has 0 aliphatic heterocycles. The number of halogens is 1. The molecule has 5 nitrogen and oxygen atoms in total. The van der Waals surface area contributed by atoms with Gasteiger partial charge < -0.3 is 5.32 Å². The van der Waals surface area contributed by atoms with Crippen molar-refractivity contribution >= 4 is 21.6 Å². The summed E-state index contributed by atoms with van der Waals surface area (Å²) < 4.78 is 26.8. The van der Waals surface area contributed by atoms with Gasteiger partial charge in [-0.25, -0.2) is 18.1 Å². The van der Waals surface area contributed by atoms with E-state index in [4.69, 9.17) is 11.6 Å². The Morgan fingerprint density at radius 2 is 1.95 bits per heavy atom. The van der Waals surface area contributed by atoms with Crippen LogP contribution in [-0.4, -0.2) is 20.4 Å². The maximum atomic E-state index is 12.1. The van der Waals surface area contributed by atoms with Gasteiger partial charge in [0.05, 0.1) is 0 Å². The van der Waals surface area contributed by atoms with Crippen LogP contribution >= 0.6 is 11.6 Å². The highest BCUT2D eigenvalue weighted by atomic mass is 35.5. The van der Waals surface area contributed by atoms with Crippen molar-refractivity contribution in [2.75, 3.05) is 7.05 Å². The van der Waals surface area contributed by atoms with E-state index in [1.165, 1.54) is 6.07 Å². The highest BCUT2D eigenvalue weighted by Gasteiger charge is 2.15. The van der Waals surface area contributed by atoms with Crippen LogP contribution in [0, 0.1) is 0 Å². The first-order chi connectivity index (χ1) is 10.0. The predicted octanol–water partition coefficient (Wildman–Crippen LogP) is 1.93. The molecule has 1 aromatic heterocycles. The van der Waals surface area contributed by atoms with E-state index in [9.17, 15) is 8.42 Å². The fourth-order valence-electron chi connectivity index (χ4n) is 1.78. The third-order valence-electron chi connectivity index (χ3n) is 2.81. The molecule has 2 aromatic rings. The van der Waals surface area contributed by atoms with E-state index in [2.05, 4.69) is 15.0 Å². The minimum absolute atomic E-state index is 0.00406. The lowest BCUT2D eigenvalue weighted by molar-refractivity contribution is 0.577. The van der Waals surface area contributed by atoms with Crippen molar-refractivity contribution in [2.24, 2.45) is 0 Å². The zero-order valence-electron chi connectivity index (χ0n) is 11.5. The Hall–Kier alpha value is -1.47. The van der Waals surface area contributed by atoms with Crippen molar-refractivity contribution in [3.8, 4) is 0 Å². The van der Waals surface area contributed by atoms with Gasteiger partial charge in [0.1, 0.15) is 0 Å². The summed E-state index contributed by atoms with van der Waals surface area (Å²) in [6, 6.07) is 10.3. The van der Waals surface area contributed by atoms with E-state index < -0.39 is 10.0 Å². The van der Waals surface area contributed by atoms with E-state index >= 15 is 0 Å². The first-order valence-corrected chi connectivity index (χ1v) is 8.21. The molecule has 7 heteroatoms. The number of aromatic nitrogens is 1. The highest BCUT2D eigenvalue weighted by molar-refractivity contribution is 7.89. The van der Waals surface area contributed by atoms with Gasteiger partial charge in [0.2, 0.25) is 0 Å². The number of sulfonamides is 1. The topological polar surface area (TPSA) is 71.1 Å². The molecule has 0 amide bonds. The van der Waals surface area contributed by atoms with Gasteiger partial charge in [0.15, 0.2) is 5.03 Å². The van der Waals surface area contributed by atoms with Crippen LogP contribution in [-0.2, 0) is 23.1 Å². The maximum Gasteiger partial charge on any atom is 0.258 e. The molecule has 1 aromatic carbocycles. The molecule has 0 unspecified atom stereocenters. The van der Waals surface area contributed by atoms with Crippen LogP contribution in [0.5, 0.6) is 0 Å². The smallest absolute Gasteiger partial charge is 0.258 e. The van der Waals surface area contributed by atoms with Gasteiger partial charge >= 0.3 is 0 Å². The number of hydrogen-bond donors (Lipinski definition) is 2. The van der Waals surface area contributed by atoms with Gasteiger partial charge in [0, 0.05) is 24.3 Å². The van der Waals surface area contributed by atoms with Crippen molar-refractivity contribution in [3.63, 3.8) is 0 Å². The second-order valence-electron chi connectivity index (χ2n) is 4.49. The normalized spacial score (nSPS) is 11.5. The molecule has 0 saturated carbocycles. The van der Waals surface area contributed by atoms with Crippen molar-refractivity contribution in [3.05, 3.63) is 58.7 Å². The highest BCUT2D eigenvalue weighted by Crippen LogP contribution is 2.12. The van der Waals surface area contributed by atoms with Crippen LogP contribution in [0.1, 0.15) is 11.1 Å². The predicted molar refractivity (Wildman–Crippen MR) is 82.5 cm³/mol. The Kier molecular flexibility index (Phi) is 5.30. The summed E-state index contributed by atoms with van der Waals surface area (Å²) in [6.07, 6.45) is 1.55. The first-order valence-electron chi connectivity index (χ1n) is 6.35. The van der Waals surface area contributed by atoms with Crippen LogP contribution in [0.4, 0.5) is 0 Å². The summed E-state index contributed by atoms with van der Waals surface area (Å²) in [6.45, 7) is 0.812. The van der Waals surface area contributed by atoms with Crippen LogP contribution in [0.2, 0.25) is 5.02 Å². The van der Waals surface area contributed by atoms with Crippen molar-refractivity contribution < 1.29 is 8.42 Å². The molecular formula is C14H16ClN3O2S. The molecule has 2 N–H and O–H groups in total. The zero-order chi connectivity index (χ0) is 15.3. The fourth-order valence-corrected chi connectivity index (χ4v) is 2.93. The zero-order valence-corrected chi connectivity index (χ0v) is 13.1. The van der Waals surface area contributed by atoms with Crippen molar-refractivity contribution in [1.82, 2.24) is 15.0 Å². The van der Waals surface area contributed by atoms with E-state index in [1.54, 1.807) is 36.5 Å². The second-order valence-corrected chi connectivity index (χ2v) is 6.64. The van der Waals surface area contributed by atoms with Gasteiger partial charge in [-0.2, -0.15) is 0 Å². The number of benzene rings is 1. The molecule has 1 heterocycles. The largest absolute Gasteiger partial charge is 0.316 e. The van der Waals surface area contributed by atoms with Crippen LogP contribution in [0.3, 0.4) is 0 Å². The third-order valence-corrected chi connectivity index (χ3v) is 4.36. The summed E-state index contributed by atoms with van der Waals surface area (Å²) in [5.74, 6) is 0. The number of pyridine rings is 1. The Balaban J connectivity index is 2.07. The number of hydrogen-bond acceptors (Lipinski definition) is 4. The van der Waals surface area contributed by atoms with Gasteiger partial charge in [-0.15, -0.1) is 0 Å². The second kappa shape index (κ2) is 7.00. The number of rotatable bonds is 6. The Labute approximate surface area is 129 Å². The molecule has 0 aliphatic rings. The molecule has 0 aliphatic carbocycles. The van der Waals surface area contributed by atoms with Gasteiger partial charge in [-0.3, -0.25) is 0 Å². The monoisotopic (exact) mass is 325 g/mol. The van der Waals surface area contributed by atoms with Crippen molar-refractivity contribution in [2.45, 2.75) is 18.1 Å².